The zero-order chi connectivity index (χ0) is 20.0. The number of hydrogen-bond acceptors (Lipinski definition) is 3. The predicted octanol–water partition coefficient (Wildman–Crippen LogP) is 7.18. The van der Waals surface area contributed by atoms with Gasteiger partial charge in [-0.05, 0) is 37.8 Å². The SMILES string of the molecule is CCCCCCCCC(CC)C(OCCC)(OCCC)c1ccccc1O. The molecular formula is C24H42O3. The average Bonchev–Trinajstić information content (AvgIpc) is 2.69. The highest BCUT2D eigenvalue weighted by atomic mass is 16.7. The fourth-order valence-corrected chi connectivity index (χ4v) is 3.76. The molecule has 156 valence electrons. The first-order chi connectivity index (χ1) is 13.2. The summed E-state index contributed by atoms with van der Waals surface area (Å²) in [7, 11) is 0. The van der Waals surface area contributed by atoms with Gasteiger partial charge in [-0.1, -0.05) is 78.4 Å². The van der Waals surface area contributed by atoms with Crippen LogP contribution in [0.5, 0.6) is 5.75 Å². The van der Waals surface area contributed by atoms with Crippen LogP contribution in [-0.2, 0) is 15.3 Å². The maximum Gasteiger partial charge on any atom is 0.201 e. The second-order valence-electron chi connectivity index (χ2n) is 7.54. The van der Waals surface area contributed by atoms with Gasteiger partial charge in [-0.25, -0.2) is 0 Å². The number of unbranched alkanes of at least 4 members (excludes halogenated alkanes) is 5. The highest BCUT2D eigenvalue weighted by Crippen LogP contribution is 2.44. The Morgan fingerprint density at radius 1 is 0.815 bits per heavy atom. The number of benzene rings is 1. The molecule has 3 heteroatoms. The molecule has 0 spiro atoms. The van der Waals surface area contributed by atoms with E-state index in [1.807, 2.05) is 18.2 Å². The van der Waals surface area contributed by atoms with Crippen molar-refractivity contribution in [3.63, 3.8) is 0 Å². The summed E-state index contributed by atoms with van der Waals surface area (Å²) in [6.45, 7) is 9.95. The minimum absolute atomic E-state index is 0.232. The molecular weight excluding hydrogens is 336 g/mol. The van der Waals surface area contributed by atoms with Crippen LogP contribution in [0.4, 0.5) is 0 Å². The molecule has 0 aliphatic rings. The topological polar surface area (TPSA) is 38.7 Å². The first-order valence-electron chi connectivity index (χ1n) is 11.2. The van der Waals surface area contributed by atoms with Crippen LogP contribution in [0, 0.1) is 5.92 Å². The second-order valence-corrected chi connectivity index (χ2v) is 7.54. The Hall–Kier alpha value is -1.06. The van der Waals surface area contributed by atoms with Gasteiger partial charge in [0.1, 0.15) is 5.75 Å². The van der Waals surface area contributed by atoms with E-state index in [1.54, 1.807) is 6.07 Å². The normalized spacial score (nSPS) is 13.0. The van der Waals surface area contributed by atoms with Gasteiger partial charge in [0.2, 0.25) is 5.79 Å². The van der Waals surface area contributed by atoms with Crippen LogP contribution in [0.25, 0.3) is 0 Å². The van der Waals surface area contributed by atoms with Crippen molar-refractivity contribution in [2.75, 3.05) is 13.2 Å². The van der Waals surface area contributed by atoms with Crippen molar-refractivity contribution in [2.24, 2.45) is 5.92 Å². The summed E-state index contributed by atoms with van der Waals surface area (Å²) in [5.74, 6) is -0.351. The van der Waals surface area contributed by atoms with Crippen molar-refractivity contribution in [3.8, 4) is 5.75 Å². The van der Waals surface area contributed by atoms with Gasteiger partial charge in [-0.2, -0.15) is 0 Å². The van der Waals surface area contributed by atoms with Crippen molar-refractivity contribution in [3.05, 3.63) is 29.8 Å². The minimum atomic E-state index is -0.852. The number of phenolic OH excluding ortho intramolecular Hbond substituents is 1. The summed E-state index contributed by atoms with van der Waals surface area (Å²) in [6.07, 6.45) is 11.6. The monoisotopic (exact) mass is 378 g/mol. The molecule has 0 aliphatic carbocycles. The molecule has 0 saturated heterocycles. The summed E-state index contributed by atoms with van der Waals surface area (Å²) in [5, 5.41) is 10.6. The lowest BCUT2D eigenvalue weighted by Crippen LogP contribution is -2.41. The molecule has 3 nitrogen and oxygen atoms in total. The predicted molar refractivity (Wildman–Crippen MR) is 114 cm³/mol. The van der Waals surface area contributed by atoms with E-state index in [-0.39, 0.29) is 11.7 Å². The van der Waals surface area contributed by atoms with Crippen LogP contribution in [-0.4, -0.2) is 18.3 Å². The van der Waals surface area contributed by atoms with Crippen LogP contribution in [0.1, 0.15) is 97.5 Å². The Bertz CT molecular complexity index is 478. The molecule has 1 N–H and O–H groups in total. The number of rotatable bonds is 16. The third-order valence-electron chi connectivity index (χ3n) is 5.26. The summed E-state index contributed by atoms with van der Waals surface area (Å²) in [6, 6.07) is 7.53. The zero-order valence-corrected chi connectivity index (χ0v) is 18.1. The first-order valence-corrected chi connectivity index (χ1v) is 11.2. The molecule has 0 aromatic heterocycles. The van der Waals surface area contributed by atoms with E-state index in [2.05, 4.69) is 27.7 Å². The number of ether oxygens (including phenoxy) is 2. The fraction of sp³-hybridized carbons (Fsp3) is 0.750. The molecule has 1 aromatic carbocycles. The van der Waals surface area contributed by atoms with Crippen molar-refractivity contribution < 1.29 is 14.6 Å². The Balaban J connectivity index is 3.02. The molecule has 1 atom stereocenters. The summed E-state index contributed by atoms with van der Waals surface area (Å²) in [5.41, 5.74) is 0.782. The van der Waals surface area contributed by atoms with Gasteiger partial charge in [-0.15, -0.1) is 0 Å². The number of aromatic hydroxyl groups is 1. The lowest BCUT2D eigenvalue weighted by atomic mass is 9.84. The van der Waals surface area contributed by atoms with E-state index in [0.717, 1.165) is 31.2 Å². The molecule has 27 heavy (non-hydrogen) atoms. The third kappa shape index (κ3) is 7.46. The molecule has 0 radical (unpaired) electrons. The summed E-state index contributed by atoms with van der Waals surface area (Å²) < 4.78 is 12.8. The van der Waals surface area contributed by atoms with Gasteiger partial charge in [0, 0.05) is 5.92 Å². The second kappa shape index (κ2) is 14.0. The van der Waals surface area contributed by atoms with E-state index in [0.29, 0.717) is 13.2 Å². The van der Waals surface area contributed by atoms with Gasteiger partial charge in [0.05, 0.1) is 18.8 Å². The fourth-order valence-electron chi connectivity index (χ4n) is 3.76. The Labute approximate surface area is 167 Å². The number of phenols is 1. The van der Waals surface area contributed by atoms with Crippen LogP contribution in [0.3, 0.4) is 0 Å². The zero-order valence-electron chi connectivity index (χ0n) is 18.1. The molecule has 1 aromatic rings. The molecule has 0 saturated carbocycles. The van der Waals surface area contributed by atoms with E-state index in [4.69, 9.17) is 9.47 Å². The van der Waals surface area contributed by atoms with Gasteiger partial charge >= 0.3 is 0 Å². The standard InChI is InChI=1S/C24H42O3/c1-5-9-10-11-12-13-16-21(8-4)24(26-19-6-2,27-20-7-3)22-17-14-15-18-23(22)25/h14-15,17-18,21,25H,5-13,16,19-20H2,1-4H3. The number of hydrogen-bond donors (Lipinski definition) is 1. The van der Waals surface area contributed by atoms with Crippen molar-refractivity contribution >= 4 is 0 Å². The van der Waals surface area contributed by atoms with Crippen LogP contribution in [0.15, 0.2) is 24.3 Å². The Morgan fingerprint density at radius 2 is 1.41 bits per heavy atom. The van der Waals surface area contributed by atoms with Gasteiger partial charge in [0.15, 0.2) is 0 Å². The van der Waals surface area contributed by atoms with Crippen molar-refractivity contribution in [1.82, 2.24) is 0 Å². The molecule has 1 rings (SSSR count). The van der Waals surface area contributed by atoms with Gasteiger partial charge in [0.25, 0.3) is 0 Å². The minimum Gasteiger partial charge on any atom is -0.507 e. The molecule has 0 aliphatic heterocycles. The van der Waals surface area contributed by atoms with E-state index < -0.39 is 5.79 Å². The van der Waals surface area contributed by atoms with Crippen molar-refractivity contribution in [1.29, 1.82) is 0 Å². The van der Waals surface area contributed by atoms with E-state index in [9.17, 15) is 5.11 Å². The van der Waals surface area contributed by atoms with Crippen LogP contribution < -0.4 is 0 Å². The summed E-state index contributed by atoms with van der Waals surface area (Å²) >= 11 is 0. The Kier molecular flexibility index (Phi) is 12.4. The maximum absolute atomic E-state index is 10.6. The first kappa shape index (κ1) is 24.0. The highest BCUT2D eigenvalue weighted by molar-refractivity contribution is 5.36. The maximum atomic E-state index is 10.6. The third-order valence-corrected chi connectivity index (χ3v) is 5.26. The Morgan fingerprint density at radius 3 is 1.96 bits per heavy atom. The lowest BCUT2D eigenvalue weighted by molar-refractivity contribution is -0.280. The molecule has 0 heterocycles. The average molecular weight is 379 g/mol. The number of para-hydroxylation sites is 1. The van der Waals surface area contributed by atoms with Gasteiger partial charge in [-0.3, -0.25) is 0 Å². The smallest absolute Gasteiger partial charge is 0.201 e. The van der Waals surface area contributed by atoms with E-state index >= 15 is 0 Å². The lowest BCUT2D eigenvalue weighted by Gasteiger charge is -2.41. The molecule has 0 amide bonds. The van der Waals surface area contributed by atoms with Crippen LogP contribution in [0.2, 0.25) is 0 Å². The quantitative estimate of drug-likeness (QED) is 0.245. The molecule has 1 unspecified atom stereocenters. The highest BCUT2D eigenvalue weighted by Gasteiger charge is 2.43. The molecule has 0 fully saturated rings. The largest absolute Gasteiger partial charge is 0.507 e. The van der Waals surface area contributed by atoms with Gasteiger partial charge < -0.3 is 14.6 Å². The van der Waals surface area contributed by atoms with Crippen molar-refractivity contribution in [2.45, 2.75) is 97.7 Å². The van der Waals surface area contributed by atoms with Crippen LogP contribution >= 0.6 is 0 Å². The summed E-state index contributed by atoms with van der Waals surface area (Å²) in [4.78, 5) is 0. The molecule has 0 bridgehead atoms. The van der Waals surface area contributed by atoms with E-state index in [1.165, 1.54) is 38.5 Å².